The number of rotatable bonds is 8. The van der Waals surface area contributed by atoms with Crippen LogP contribution in [-0.4, -0.2) is 31.5 Å². The molecule has 9 nitrogen and oxygen atoms in total. The monoisotopic (exact) mass is 404 g/mol. The molecule has 1 amide bonds. The summed E-state index contributed by atoms with van der Waals surface area (Å²) in [4.78, 5) is 22.3. The lowest BCUT2D eigenvalue weighted by Crippen LogP contribution is -2.24. The molecule has 0 unspecified atom stereocenters. The van der Waals surface area contributed by atoms with Crippen molar-refractivity contribution >= 4 is 27.3 Å². The number of amides is 1. The number of nitro benzene ring substituents is 1. The number of carbonyl (C=O) groups is 1. The smallest absolute Gasteiger partial charge is 0.267 e. The van der Waals surface area contributed by atoms with Crippen LogP contribution in [0.5, 0.6) is 0 Å². The van der Waals surface area contributed by atoms with Gasteiger partial charge in [-0.15, -0.1) is 0 Å². The van der Waals surface area contributed by atoms with Gasteiger partial charge in [0.1, 0.15) is 0 Å². The first-order valence-corrected chi connectivity index (χ1v) is 9.92. The summed E-state index contributed by atoms with van der Waals surface area (Å²) >= 11 is 0. The fraction of sp³-hybridized carbons (Fsp3) is 0.222. The number of sulfonamides is 1. The number of non-ortho nitro benzene ring substituents is 1. The quantitative estimate of drug-likeness (QED) is 0.396. The molecule has 0 atom stereocenters. The Morgan fingerprint density at radius 2 is 1.64 bits per heavy atom. The number of hydrogen-bond donors (Lipinski definition) is 2. The minimum atomic E-state index is -3.54. The Labute approximate surface area is 162 Å². The van der Waals surface area contributed by atoms with Gasteiger partial charge in [-0.05, 0) is 43.2 Å². The SMILES string of the molecule is CCCNS(=O)(=O)c1ccc(/C(C)=N\NC(=O)c2ccc([N+](=O)[O-])cc2)cc1. The Morgan fingerprint density at radius 3 is 2.18 bits per heavy atom. The van der Waals surface area contributed by atoms with Gasteiger partial charge in [0.2, 0.25) is 10.0 Å². The van der Waals surface area contributed by atoms with Crippen LogP contribution in [0.25, 0.3) is 0 Å². The molecule has 0 spiro atoms. The average molecular weight is 404 g/mol. The molecule has 2 aromatic carbocycles. The van der Waals surface area contributed by atoms with Crippen LogP contribution in [0.15, 0.2) is 58.5 Å². The van der Waals surface area contributed by atoms with Crippen LogP contribution in [0.2, 0.25) is 0 Å². The van der Waals surface area contributed by atoms with Crippen molar-refractivity contribution in [1.82, 2.24) is 10.1 Å². The molecule has 0 fully saturated rings. The number of hydrazone groups is 1. The predicted octanol–water partition coefficient (Wildman–Crippen LogP) is 2.44. The van der Waals surface area contributed by atoms with Crippen LogP contribution in [0.1, 0.15) is 36.2 Å². The molecule has 0 radical (unpaired) electrons. The molecular weight excluding hydrogens is 384 g/mol. The summed E-state index contributed by atoms with van der Waals surface area (Å²) in [5, 5.41) is 14.6. The zero-order chi connectivity index (χ0) is 20.7. The van der Waals surface area contributed by atoms with E-state index in [0.717, 1.165) is 0 Å². The summed E-state index contributed by atoms with van der Waals surface area (Å²) in [6, 6.07) is 11.3. The number of nitrogens with zero attached hydrogens (tertiary/aromatic N) is 2. The Balaban J connectivity index is 2.06. The van der Waals surface area contributed by atoms with Gasteiger partial charge in [-0.3, -0.25) is 14.9 Å². The van der Waals surface area contributed by atoms with Crippen LogP contribution in [0, 0.1) is 10.1 Å². The van der Waals surface area contributed by atoms with Crippen molar-refractivity contribution in [2.45, 2.75) is 25.2 Å². The van der Waals surface area contributed by atoms with E-state index in [1.165, 1.54) is 36.4 Å². The molecule has 28 heavy (non-hydrogen) atoms. The number of hydrogen-bond acceptors (Lipinski definition) is 6. The maximum Gasteiger partial charge on any atom is 0.271 e. The van der Waals surface area contributed by atoms with E-state index < -0.39 is 20.9 Å². The van der Waals surface area contributed by atoms with Gasteiger partial charge in [-0.25, -0.2) is 18.6 Å². The summed E-state index contributed by atoms with van der Waals surface area (Å²) in [6.45, 7) is 3.89. The van der Waals surface area contributed by atoms with E-state index >= 15 is 0 Å². The van der Waals surface area contributed by atoms with Crippen molar-refractivity contribution in [1.29, 1.82) is 0 Å². The third kappa shape index (κ3) is 5.44. The second-order valence-corrected chi connectivity index (χ2v) is 7.63. The highest BCUT2D eigenvalue weighted by Gasteiger charge is 2.13. The Kier molecular flexibility index (Phi) is 6.96. The fourth-order valence-electron chi connectivity index (χ4n) is 2.19. The van der Waals surface area contributed by atoms with Gasteiger partial charge in [-0.1, -0.05) is 19.1 Å². The fourth-order valence-corrected chi connectivity index (χ4v) is 3.33. The van der Waals surface area contributed by atoms with E-state index in [0.29, 0.717) is 24.2 Å². The Morgan fingerprint density at radius 1 is 1.07 bits per heavy atom. The van der Waals surface area contributed by atoms with Crippen LogP contribution < -0.4 is 10.1 Å². The number of nitrogens with one attached hydrogen (secondary N) is 2. The molecule has 10 heteroatoms. The van der Waals surface area contributed by atoms with Crippen LogP contribution >= 0.6 is 0 Å². The summed E-state index contributed by atoms with van der Waals surface area (Å²) in [7, 11) is -3.54. The second-order valence-electron chi connectivity index (χ2n) is 5.86. The predicted molar refractivity (Wildman–Crippen MR) is 105 cm³/mol. The molecule has 2 N–H and O–H groups in total. The van der Waals surface area contributed by atoms with Gasteiger partial charge in [0.25, 0.3) is 11.6 Å². The summed E-state index contributed by atoms with van der Waals surface area (Å²) in [5.74, 6) is -0.516. The van der Waals surface area contributed by atoms with Crippen LogP contribution in [-0.2, 0) is 10.0 Å². The summed E-state index contributed by atoms with van der Waals surface area (Å²) < 4.78 is 26.6. The summed E-state index contributed by atoms with van der Waals surface area (Å²) in [5.41, 5.74) is 3.59. The highest BCUT2D eigenvalue weighted by atomic mass is 32.2. The van der Waals surface area contributed by atoms with E-state index in [-0.39, 0.29) is 16.1 Å². The third-order valence-corrected chi connectivity index (χ3v) is 5.27. The van der Waals surface area contributed by atoms with E-state index in [9.17, 15) is 23.3 Å². The molecule has 0 saturated heterocycles. The molecule has 0 aliphatic carbocycles. The lowest BCUT2D eigenvalue weighted by Gasteiger charge is -2.07. The van der Waals surface area contributed by atoms with Crippen molar-refractivity contribution in [2.24, 2.45) is 5.10 Å². The minimum absolute atomic E-state index is 0.111. The average Bonchev–Trinajstić information content (AvgIpc) is 2.70. The zero-order valence-corrected chi connectivity index (χ0v) is 16.2. The van der Waals surface area contributed by atoms with Crippen molar-refractivity contribution in [2.75, 3.05) is 6.54 Å². The van der Waals surface area contributed by atoms with Crippen LogP contribution in [0.4, 0.5) is 5.69 Å². The molecule has 2 rings (SSSR count). The first kappa shape index (κ1) is 21.2. The van der Waals surface area contributed by atoms with Gasteiger partial charge in [0.15, 0.2) is 0 Å². The number of carbonyl (C=O) groups excluding carboxylic acids is 1. The minimum Gasteiger partial charge on any atom is -0.267 e. The Hall–Kier alpha value is -3.11. The van der Waals surface area contributed by atoms with Crippen molar-refractivity contribution in [3.05, 3.63) is 69.8 Å². The third-order valence-electron chi connectivity index (χ3n) is 3.79. The number of nitro groups is 1. The maximum atomic E-state index is 12.1. The van der Waals surface area contributed by atoms with E-state index in [2.05, 4.69) is 15.2 Å². The highest BCUT2D eigenvalue weighted by Crippen LogP contribution is 2.13. The van der Waals surface area contributed by atoms with Crippen molar-refractivity contribution in [3.8, 4) is 0 Å². The van der Waals surface area contributed by atoms with Gasteiger partial charge >= 0.3 is 0 Å². The van der Waals surface area contributed by atoms with Crippen molar-refractivity contribution in [3.63, 3.8) is 0 Å². The first-order valence-electron chi connectivity index (χ1n) is 8.44. The molecule has 0 aromatic heterocycles. The van der Waals surface area contributed by atoms with Crippen LogP contribution in [0.3, 0.4) is 0 Å². The molecule has 148 valence electrons. The van der Waals surface area contributed by atoms with Gasteiger partial charge < -0.3 is 0 Å². The molecule has 0 aliphatic rings. The van der Waals surface area contributed by atoms with E-state index in [4.69, 9.17) is 0 Å². The molecule has 2 aromatic rings. The zero-order valence-electron chi connectivity index (χ0n) is 15.4. The van der Waals surface area contributed by atoms with Crippen molar-refractivity contribution < 1.29 is 18.1 Å². The highest BCUT2D eigenvalue weighted by molar-refractivity contribution is 7.89. The summed E-state index contributed by atoms with van der Waals surface area (Å²) in [6.07, 6.45) is 0.692. The standard InChI is InChI=1S/C18H20N4O5S/c1-3-12-19-28(26,27)17-10-6-14(7-11-17)13(2)20-21-18(23)15-4-8-16(9-5-15)22(24)25/h4-11,19H,3,12H2,1-2H3,(H,21,23)/b20-13-. The first-order chi connectivity index (χ1) is 13.2. The van der Waals surface area contributed by atoms with E-state index in [1.807, 2.05) is 6.92 Å². The van der Waals surface area contributed by atoms with E-state index in [1.54, 1.807) is 19.1 Å². The topological polar surface area (TPSA) is 131 Å². The number of benzene rings is 2. The maximum absolute atomic E-state index is 12.1. The molecule has 0 saturated carbocycles. The lowest BCUT2D eigenvalue weighted by molar-refractivity contribution is -0.384. The molecule has 0 heterocycles. The van der Waals surface area contributed by atoms with Gasteiger partial charge in [0, 0.05) is 24.2 Å². The molecular formula is C18H20N4O5S. The van der Waals surface area contributed by atoms with Gasteiger partial charge in [-0.2, -0.15) is 5.10 Å². The lowest BCUT2D eigenvalue weighted by atomic mass is 10.1. The largest absolute Gasteiger partial charge is 0.271 e. The molecule has 0 bridgehead atoms. The molecule has 0 aliphatic heterocycles. The normalized spacial score (nSPS) is 11.9. The van der Waals surface area contributed by atoms with Gasteiger partial charge in [0.05, 0.1) is 15.5 Å². The second kappa shape index (κ2) is 9.20. The Bertz CT molecular complexity index is 984.